The van der Waals surface area contributed by atoms with Crippen molar-refractivity contribution in [2.24, 2.45) is 0 Å². The molecular formula is C17H20BrF3N4O2S2. The summed E-state index contributed by atoms with van der Waals surface area (Å²) in [7, 11) is 1.31. The second-order valence-corrected chi connectivity index (χ2v) is 8.61. The van der Waals surface area contributed by atoms with Crippen LogP contribution in [0.2, 0.25) is 0 Å². The summed E-state index contributed by atoms with van der Waals surface area (Å²) in [4.78, 5) is 13.0. The standard InChI is InChI=1S/C17H20BrF3N4O2S2/c1-8-10(3)29-14(11(8)15(26)27-4)23-16(28)22-6-5-7-25-9(2)12(18)13(24-25)17(19,20)21/h5-7H2,1-4H3,(H2,22,23,28). The highest BCUT2D eigenvalue weighted by Crippen LogP contribution is 2.35. The summed E-state index contributed by atoms with van der Waals surface area (Å²) in [5, 5.41) is 10.5. The zero-order valence-electron chi connectivity index (χ0n) is 16.2. The highest BCUT2D eigenvalue weighted by atomic mass is 79.9. The number of halogens is 4. The molecule has 160 valence electrons. The van der Waals surface area contributed by atoms with E-state index in [1.54, 1.807) is 6.92 Å². The van der Waals surface area contributed by atoms with Gasteiger partial charge in [-0.2, -0.15) is 18.3 Å². The van der Waals surface area contributed by atoms with Crippen molar-refractivity contribution in [3.63, 3.8) is 0 Å². The largest absolute Gasteiger partial charge is 0.465 e. The molecule has 0 unspecified atom stereocenters. The first-order valence-corrected chi connectivity index (χ1v) is 10.5. The van der Waals surface area contributed by atoms with Crippen molar-refractivity contribution in [2.45, 2.75) is 39.9 Å². The molecule has 0 aliphatic carbocycles. The molecule has 2 rings (SSSR count). The second-order valence-electron chi connectivity index (χ2n) is 6.18. The average Bonchev–Trinajstić information content (AvgIpc) is 3.08. The SMILES string of the molecule is COC(=O)c1c(NC(=S)NCCCn2nc(C(F)(F)F)c(Br)c2C)sc(C)c1C. The number of esters is 1. The van der Waals surface area contributed by atoms with Gasteiger partial charge in [-0.25, -0.2) is 4.79 Å². The fraction of sp³-hybridized carbons (Fsp3) is 0.471. The van der Waals surface area contributed by atoms with Gasteiger partial charge in [-0.05, 0) is 60.9 Å². The van der Waals surface area contributed by atoms with Gasteiger partial charge in [-0.15, -0.1) is 11.3 Å². The first kappa shape index (κ1) is 23.6. The van der Waals surface area contributed by atoms with E-state index in [-0.39, 0.29) is 4.47 Å². The molecule has 0 bridgehead atoms. The van der Waals surface area contributed by atoms with Gasteiger partial charge in [0.05, 0.1) is 22.8 Å². The first-order valence-electron chi connectivity index (χ1n) is 8.50. The summed E-state index contributed by atoms with van der Waals surface area (Å²) in [6, 6.07) is 0. The van der Waals surface area contributed by atoms with Crippen molar-refractivity contribution in [3.05, 3.63) is 31.9 Å². The first-order chi connectivity index (χ1) is 13.5. The minimum Gasteiger partial charge on any atom is -0.465 e. The highest BCUT2D eigenvalue weighted by Gasteiger charge is 2.37. The Morgan fingerprint density at radius 1 is 1.34 bits per heavy atom. The summed E-state index contributed by atoms with van der Waals surface area (Å²) in [5.41, 5.74) is 0.743. The predicted octanol–water partition coefficient (Wildman–Crippen LogP) is 4.81. The van der Waals surface area contributed by atoms with E-state index in [4.69, 9.17) is 17.0 Å². The number of hydrogen-bond donors (Lipinski definition) is 2. The zero-order chi connectivity index (χ0) is 21.9. The summed E-state index contributed by atoms with van der Waals surface area (Å²) < 4.78 is 44.8. The summed E-state index contributed by atoms with van der Waals surface area (Å²) in [5.74, 6) is -0.447. The third-order valence-electron chi connectivity index (χ3n) is 4.24. The van der Waals surface area contributed by atoms with E-state index in [1.165, 1.54) is 23.1 Å². The van der Waals surface area contributed by atoms with Crippen molar-refractivity contribution in [2.75, 3.05) is 19.0 Å². The number of carbonyl (C=O) groups excluding carboxylic acids is 1. The number of alkyl halides is 3. The van der Waals surface area contributed by atoms with Crippen molar-refractivity contribution in [1.29, 1.82) is 0 Å². The third kappa shape index (κ3) is 5.48. The van der Waals surface area contributed by atoms with Gasteiger partial charge >= 0.3 is 12.1 Å². The maximum absolute atomic E-state index is 12.9. The molecular weight excluding hydrogens is 493 g/mol. The number of nitrogens with zero attached hydrogens (tertiary/aromatic N) is 2. The van der Waals surface area contributed by atoms with E-state index in [9.17, 15) is 18.0 Å². The van der Waals surface area contributed by atoms with Crippen LogP contribution in [0.25, 0.3) is 0 Å². The van der Waals surface area contributed by atoms with Crippen LogP contribution in [0.3, 0.4) is 0 Å². The maximum atomic E-state index is 12.9. The van der Waals surface area contributed by atoms with Crippen molar-refractivity contribution < 1.29 is 22.7 Å². The normalized spacial score (nSPS) is 11.4. The van der Waals surface area contributed by atoms with Crippen molar-refractivity contribution in [1.82, 2.24) is 15.1 Å². The molecule has 2 aromatic rings. The van der Waals surface area contributed by atoms with Crippen molar-refractivity contribution >= 4 is 55.6 Å². The van der Waals surface area contributed by atoms with Gasteiger partial charge in [0.15, 0.2) is 10.8 Å². The number of aromatic nitrogens is 2. The molecule has 6 nitrogen and oxygen atoms in total. The van der Waals surface area contributed by atoms with Crippen LogP contribution in [0.15, 0.2) is 4.47 Å². The molecule has 2 N–H and O–H groups in total. The molecule has 0 radical (unpaired) electrons. The Bertz CT molecular complexity index is 925. The van der Waals surface area contributed by atoms with Gasteiger partial charge < -0.3 is 15.4 Å². The number of hydrogen-bond acceptors (Lipinski definition) is 5. The topological polar surface area (TPSA) is 68.2 Å². The lowest BCUT2D eigenvalue weighted by atomic mass is 10.1. The Hall–Kier alpha value is -1.66. The quantitative estimate of drug-likeness (QED) is 0.328. The Morgan fingerprint density at radius 3 is 2.55 bits per heavy atom. The number of methoxy groups -OCH3 is 1. The van der Waals surface area contributed by atoms with Crippen LogP contribution >= 0.6 is 39.5 Å². The van der Waals surface area contributed by atoms with E-state index in [0.717, 1.165) is 10.4 Å². The molecule has 2 aromatic heterocycles. The van der Waals surface area contributed by atoms with Crippen molar-refractivity contribution in [3.8, 4) is 0 Å². The zero-order valence-corrected chi connectivity index (χ0v) is 19.4. The molecule has 0 saturated heterocycles. The average molecular weight is 513 g/mol. The molecule has 0 fully saturated rings. The Kier molecular flexibility index (Phi) is 7.68. The molecule has 12 heteroatoms. The Balaban J connectivity index is 1.92. The summed E-state index contributed by atoms with van der Waals surface area (Å²) >= 11 is 9.60. The monoisotopic (exact) mass is 512 g/mol. The molecule has 29 heavy (non-hydrogen) atoms. The second kappa shape index (κ2) is 9.43. The number of thiocarbonyl (C=S) groups is 1. The fourth-order valence-corrected chi connectivity index (χ4v) is 4.39. The lowest BCUT2D eigenvalue weighted by molar-refractivity contribution is -0.142. The van der Waals surface area contributed by atoms with E-state index in [2.05, 4.69) is 31.7 Å². The number of thiophene rings is 1. The molecule has 0 spiro atoms. The molecule has 0 saturated carbocycles. The van der Waals surface area contributed by atoms with Crippen LogP contribution in [-0.2, 0) is 17.5 Å². The van der Waals surface area contributed by atoms with E-state index < -0.39 is 17.8 Å². The number of anilines is 1. The number of nitrogens with one attached hydrogen (secondary N) is 2. The Morgan fingerprint density at radius 2 is 2.00 bits per heavy atom. The Labute approximate surface area is 183 Å². The van der Waals surface area contributed by atoms with Crippen LogP contribution in [0.5, 0.6) is 0 Å². The van der Waals surface area contributed by atoms with Crippen LogP contribution in [0, 0.1) is 20.8 Å². The van der Waals surface area contributed by atoms with Crippen LogP contribution in [0.4, 0.5) is 18.2 Å². The van der Waals surface area contributed by atoms with Gasteiger partial charge in [0, 0.05) is 18.0 Å². The highest BCUT2D eigenvalue weighted by molar-refractivity contribution is 9.10. The number of rotatable bonds is 6. The van der Waals surface area contributed by atoms with Gasteiger partial charge in [0.25, 0.3) is 0 Å². The minimum atomic E-state index is -4.51. The van der Waals surface area contributed by atoms with E-state index in [1.807, 2.05) is 13.8 Å². The lowest BCUT2D eigenvalue weighted by Crippen LogP contribution is -2.30. The fourth-order valence-electron chi connectivity index (χ4n) is 2.56. The van der Waals surface area contributed by atoms with E-state index in [0.29, 0.717) is 40.9 Å². The predicted molar refractivity (Wildman–Crippen MR) is 114 cm³/mol. The molecule has 0 aliphatic rings. The number of ether oxygens (including phenoxy) is 1. The third-order valence-corrected chi connectivity index (χ3v) is 6.55. The van der Waals surface area contributed by atoms with E-state index >= 15 is 0 Å². The molecule has 0 atom stereocenters. The van der Waals surface area contributed by atoms with Crippen LogP contribution in [-0.4, -0.2) is 34.5 Å². The van der Waals surface area contributed by atoms with Crippen LogP contribution < -0.4 is 10.6 Å². The number of aryl methyl sites for hydroxylation is 2. The lowest BCUT2D eigenvalue weighted by Gasteiger charge is -2.11. The van der Waals surface area contributed by atoms with Crippen LogP contribution in [0.1, 0.15) is 38.6 Å². The van der Waals surface area contributed by atoms with Gasteiger partial charge in [-0.3, -0.25) is 4.68 Å². The smallest absolute Gasteiger partial charge is 0.436 e. The molecule has 0 amide bonds. The minimum absolute atomic E-state index is 0.0473. The molecule has 2 heterocycles. The maximum Gasteiger partial charge on any atom is 0.436 e. The van der Waals surface area contributed by atoms with Gasteiger partial charge in [-0.1, -0.05) is 0 Å². The molecule has 0 aromatic carbocycles. The van der Waals surface area contributed by atoms with Gasteiger partial charge in [0.1, 0.15) is 5.00 Å². The van der Waals surface area contributed by atoms with Gasteiger partial charge in [0.2, 0.25) is 0 Å². The number of carbonyl (C=O) groups is 1. The summed E-state index contributed by atoms with van der Waals surface area (Å²) in [6.07, 6.45) is -4.01. The molecule has 0 aliphatic heterocycles. The summed E-state index contributed by atoms with van der Waals surface area (Å²) in [6.45, 7) is 6.01.